The summed E-state index contributed by atoms with van der Waals surface area (Å²) in [6, 6.07) is 17.9. The number of thioether (sulfide) groups is 1. The highest BCUT2D eigenvalue weighted by Gasteiger charge is 2.17. The predicted octanol–water partition coefficient (Wildman–Crippen LogP) is 1.79. The van der Waals surface area contributed by atoms with Crippen LogP contribution in [-0.4, -0.2) is 39.4 Å². The Morgan fingerprint density at radius 3 is 2.38 bits per heavy atom. The molecule has 0 aliphatic carbocycles. The van der Waals surface area contributed by atoms with Gasteiger partial charge in [-0.05, 0) is 29.8 Å². The number of benzene rings is 2. The van der Waals surface area contributed by atoms with Crippen molar-refractivity contribution in [3.05, 3.63) is 60.2 Å². The van der Waals surface area contributed by atoms with Crippen LogP contribution in [0, 0.1) is 0 Å². The number of hydrogen-bond acceptors (Lipinski definition) is 3. The van der Waals surface area contributed by atoms with E-state index in [9.17, 15) is 4.79 Å². The Labute approximate surface area is 148 Å². The molecule has 2 aromatic rings. The number of hydrogen-bond donors (Lipinski definition) is 2. The number of ether oxygens (including phenoxy) is 1. The van der Waals surface area contributed by atoms with Crippen LogP contribution in [0.25, 0.3) is 0 Å². The lowest BCUT2D eigenvalue weighted by Gasteiger charge is -2.20. The van der Waals surface area contributed by atoms with Gasteiger partial charge in [-0.15, -0.1) is 11.8 Å². The van der Waals surface area contributed by atoms with E-state index in [4.69, 9.17) is 4.74 Å². The zero-order valence-electron chi connectivity index (χ0n) is 14.4. The Kier molecular flexibility index (Phi) is 7.15. The van der Waals surface area contributed by atoms with Gasteiger partial charge in [0.05, 0.1) is 27.0 Å². The van der Waals surface area contributed by atoms with Gasteiger partial charge in [0.25, 0.3) is 0 Å². The van der Waals surface area contributed by atoms with Gasteiger partial charge in [0.2, 0.25) is 5.91 Å². The van der Waals surface area contributed by atoms with Crippen molar-refractivity contribution in [1.82, 2.24) is 5.32 Å². The molecule has 0 aliphatic rings. The average Bonchev–Trinajstić information content (AvgIpc) is 2.60. The number of amides is 1. The topological polar surface area (TPSA) is 42.8 Å². The maximum atomic E-state index is 12.3. The summed E-state index contributed by atoms with van der Waals surface area (Å²) in [5.41, 5.74) is 1.14. The Morgan fingerprint density at radius 1 is 1.12 bits per heavy atom. The summed E-state index contributed by atoms with van der Waals surface area (Å²) in [4.78, 5) is 14.7. The standard InChI is InChI=1S/C19H24N2O2S/c1-21(2)13-18(15-7-5-4-6-8-15)20-19(22)14-24-17-11-9-16(23-3)10-12-17/h4-12,18H,13-14H2,1-3H3,(H,20,22)/p+1/t18-/m0/s1. The zero-order valence-corrected chi connectivity index (χ0v) is 15.2. The second-order valence-corrected chi connectivity index (χ2v) is 6.95. The van der Waals surface area contributed by atoms with Crippen LogP contribution in [0.1, 0.15) is 11.6 Å². The minimum Gasteiger partial charge on any atom is -0.497 e. The van der Waals surface area contributed by atoms with Gasteiger partial charge < -0.3 is 15.0 Å². The molecule has 2 N–H and O–H groups in total. The smallest absolute Gasteiger partial charge is 0.231 e. The second kappa shape index (κ2) is 9.35. The van der Waals surface area contributed by atoms with Crippen LogP contribution in [0.3, 0.4) is 0 Å². The number of carbonyl (C=O) groups is 1. The molecule has 0 aromatic heterocycles. The summed E-state index contributed by atoms with van der Waals surface area (Å²) in [6.45, 7) is 0.850. The molecule has 1 amide bonds. The molecular weight excluding hydrogens is 320 g/mol. The van der Waals surface area contributed by atoms with Crippen molar-refractivity contribution in [3.8, 4) is 5.75 Å². The van der Waals surface area contributed by atoms with Gasteiger partial charge in [0.1, 0.15) is 18.3 Å². The number of likely N-dealkylation sites (N-methyl/N-ethyl adjacent to an activating group) is 1. The number of carbonyl (C=O) groups excluding carboxylic acids is 1. The summed E-state index contributed by atoms with van der Waals surface area (Å²) >= 11 is 1.53. The van der Waals surface area contributed by atoms with E-state index in [1.165, 1.54) is 16.7 Å². The average molecular weight is 345 g/mol. The Bertz CT molecular complexity index is 630. The van der Waals surface area contributed by atoms with Gasteiger partial charge >= 0.3 is 0 Å². The molecule has 0 bridgehead atoms. The van der Waals surface area contributed by atoms with Gasteiger partial charge in [-0.2, -0.15) is 0 Å². The van der Waals surface area contributed by atoms with Crippen LogP contribution in [0.2, 0.25) is 0 Å². The quantitative estimate of drug-likeness (QED) is 0.717. The predicted molar refractivity (Wildman–Crippen MR) is 98.7 cm³/mol. The highest BCUT2D eigenvalue weighted by atomic mass is 32.2. The number of rotatable bonds is 8. The van der Waals surface area contributed by atoms with Crippen molar-refractivity contribution in [1.29, 1.82) is 0 Å². The number of nitrogens with one attached hydrogen (secondary N) is 2. The van der Waals surface area contributed by atoms with Gasteiger partial charge in [-0.3, -0.25) is 4.79 Å². The van der Waals surface area contributed by atoms with Gasteiger partial charge in [-0.25, -0.2) is 0 Å². The fourth-order valence-corrected chi connectivity index (χ4v) is 3.11. The van der Waals surface area contributed by atoms with Crippen molar-refractivity contribution in [2.24, 2.45) is 0 Å². The van der Waals surface area contributed by atoms with E-state index < -0.39 is 0 Å². The van der Waals surface area contributed by atoms with Crippen molar-refractivity contribution >= 4 is 17.7 Å². The lowest BCUT2D eigenvalue weighted by molar-refractivity contribution is -0.860. The van der Waals surface area contributed by atoms with Crippen molar-refractivity contribution in [2.45, 2.75) is 10.9 Å². The fourth-order valence-electron chi connectivity index (χ4n) is 2.40. The second-order valence-electron chi connectivity index (χ2n) is 5.91. The van der Waals surface area contributed by atoms with Gasteiger partial charge in [0.15, 0.2) is 0 Å². The van der Waals surface area contributed by atoms with Crippen LogP contribution in [0.5, 0.6) is 5.75 Å². The van der Waals surface area contributed by atoms with E-state index in [-0.39, 0.29) is 11.9 Å². The van der Waals surface area contributed by atoms with Crippen molar-refractivity contribution in [3.63, 3.8) is 0 Å². The number of quaternary nitrogens is 1. The van der Waals surface area contributed by atoms with E-state index in [0.717, 1.165) is 22.8 Å². The Balaban J connectivity index is 1.92. The lowest BCUT2D eigenvalue weighted by atomic mass is 10.1. The monoisotopic (exact) mass is 345 g/mol. The summed E-state index contributed by atoms with van der Waals surface area (Å²) in [6.07, 6.45) is 0. The minimum absolute atomic E-state index is 0.0279. The zero-order chi connectivity index (χ0) is 17.4. The van der Waals surface area contributed by atoms with Crippen LogP contribution in [-0.2, 0) is 4.79 Å². The molecule has 0 saturated heterocycles. The SMILES string of the molecule is COc1ccc(SCC(=O)N[C@@H](C[NH+](C)C)c2ccccc2)cc1. The molecular formula is C19H25N2O2S+. The normalized spacial score (nSPS) is 12.0. The minimum atomic E-state index is 0.0279. The van der Waals surface area contributed by atoms with E-state index >= 15 is 0 Å². The van der Waals surface area contributed by atoms with E-state index in [2.05, 4.69) is 31.5 Å². The highest BCUT2D eigenvalue weighted by molar-refractivity contribution is 8.00. The molecule has 1 atom stereocenters. The lowest BCUT2D eigenvalue weighted by Crippen LogP contribution is -3.06. The van der Waals surface area contributed by atoms with Crippen LogP contribution in [0.4, 0.5) is 0 Å². The first-order valence-corrected chi connectivity index (χ1v) is 8.97. The van der Waals surface area contributed by atoms with E-state index in [1.54, 1.807) is 7.11 Å². The van der Waals surface area contributed by atoms with Crippen molar-refractivity contribution < 1.29 is 14.4 Å². The molecule has 4 nitrogen and oxygen atoms in total. The highest BCUT2D eigenvalue weighted by Crippen LogP contribution is 2.21. The molecule has 0 saturated carbocycles. The first-order valence-electron chi connectivity index (χ1n) is 7.98. The molecule has 2 rings (SSSR count). The third-order valence-electron chi connectivity index (χ3n) is 3.58. The summed E-state index contributed by atoms with van der Waals surface area (Å²) in [5.74, 6) is 1.27. The number of methoxy groups -OCH3 is 1. The van der Waals surface area contributed by atoms with Crippen molar-refractivity contribution in [2.75, 3.05) is 33.5 Å². The maximum absolute atomic E-state index is 12.3. The molecule has 0 aliphatic heterocycles. The van der Waals surface area contributed by atoms with Crippen LogP contribution >= 0.6 is 11.8 Å². The van der Waals surface area contributed by atoms with Crippen LogP contribution < -0.4 is 15.0 Å². The van der Waals surface area contributed by atoms with Crippen LogP contribution in [0.15, 0.2) is 59.5 Å². The molecule has 0 unspecified atom stereocenters. The third kappa shape index (κ3) is 5.91. The third-order valence-corrected chi connectivity index (χ3v) is 4.59. The first kappa shape index (κ1) is 18.4. The Hall–Kier alpha value is -1.98. The molecule has 24 heavy (non-hydrogen) atoms. The molecule has 5 heteroatoms. The molecule has 0 spiro atoms. The van der Waals surface area contributed by atoms with Gasteiger partial charge in [-0.1, -0.05) is 30.3 Å². The molecule has 0 radical (unpaired) electrons. The van der Waals surface area contributed by atoms with E-state index in [1.807, 2.05) is 42.5 Å². The van der Waals surface area contributed by atoms with Gasteiger partial charge in [0, 0.05) is 4.90 Å². The van der Waals surface area contributed by atoms with E-state index in [0.29, 0.717) is 5.75 Å². The molecule has 0 fully saturated rings. The summed E-state index contributed by atoms with van der Waals surface area (Å²) in [7, 11) is 5.83. The largest absolute Gasteiger partial charge is 0.497 e. The Morgan fingerprint density at radius 2 is 1.79 bits per heavy atom. The molecule has 128 valence electrons. The maximum Gasteiger partial charge on any atom is 0.231 e. The summed E-state index contributed by atoms with van der Waals surface area (Å²) in [5, 5.41) is 3.15. The first-order chi connectivity index (χ1) is 11.6. The molecule has 0 heterocycles. The fraction of sp³-hybridized carbons (Fsp3) is 0.316. The summed E-state index contributed by atoms with van der Waals surface area (Å²) < 4.78 is 5.14. The molecule has 2 aromatic carbocycles.